The summed E-state index contributed by atoms with van der Waals surface area (Å²) in [7, 11) is 0. The van der Waals surface area contributed by atoms with Crippen LogP contribution in [-0.4, -0.2) is 27.4 Å². The summed E-state index contributed by atoms with van der Waals surface area (Å²) in [5.41, 5.74) is 3.63. The number of nitrogens with one attached hydrogen (secondary N) is 1. The molecule has 148 valence electrons. The first-order chi connectivity index (χ1) is 14.7. The summed E-state index contributed by atoms with van der Waals surface area (Å²) in [6.07, 6.45) is 2.68. The summed E-state index contributed by atoms with van der Waals surface area (Å²) in [5.74, 6) is 0.369. The van der Waals surface area contributed by atoms with Gasteiger partial charge < -0.3 is 5.32 Å². The number of aromatic nitrogens is 2. The Morgan fingerprint density at radius 1 is 1.07 bits per heavy atom. The number of aryl methyl sites for hydroxylation is 1. The molecule has 0 spiro atoms. The van der Waals surface area contributed by atoms with Crippen molar-refractivity contribution in [3.05, 3.63) is 72.1 Å². The SMILES string of the molecule is O=C1CCc2cc(C(=O)CSc3ncnc4sc(-c5ccccc5)cc34)ccc2N1. The molecular formula is C23H17N3O2S2. The van der Waals surface area contributed by atoms with Gasteiger partial charge in [-0.15, -0.1) is 11.3 Å². The average Bonchev–Trinajstić information content (AvgIpc) is 3.23. The van der Waals surface area contributed by atoms with Crippen LogP contribution in [0.25, 0.3) is 20.7 Å². The molecule has 0 atom stereocenters. The van der Waals surface area contributed by atoms with Gasteiger partial charge in [-0.2, -0.15) is 0 Å². The first kappa shape index (κ1) is 19.0. The number of thioether (sulfide) groups is 1. The minimum absolute atomic E-state index is 0.0237. The van der Waals surface area contributed by atoms with E-state index in [-0.39, 0.29) is 11.7 Å². The maximum atomic E-state index is 12.8. The van der Waals surface area contributed by atoms with Gasteiger partial charge in [0.05, 0.1) is 5.75 Å². The van der Waals surface area contributed by atoms with Gasteiger partial charge in [0.2, 0.25) is 5.91 Å². The number of amides is 1. The predicted octanol–water partition coefficient (Wildman–Crippen LogP) is 5.22. The fraction of sp³-hybridized carbons (Fsp3) is 0.130. The molecule has 1 N–H and O–H groups in total. The van der Waals surface area contributed by atoms with Gasteiger partial charge in [0.1, 0.15) is 16.2 Å². The molecule has 1 aliphatic heterocycles. The van der Waals surface area contributed by atoms with Gasteiger partial charge in [-0.05, 0) is 41.8 Å². The minimum atomic E-state index is 0.0237. The van der Waals surface area contributed by atoms with Crippen molar-refractivity contribution >= 4 is 50.7 Å². The monoisotopic (exact) mass is 431 g/mol. The van der Waals surface area contributed by atoms with Crippen molar-refractivity contribution in [1.82, 2.24) is 9.97 Å². The van der Waals surface area contributed by atoms with E-state index >= 15 is 0 Å². The molecule has 4 aromatic rings. The summed E-state index contributed by atoms with van der Waals surface area (Å²) in [5, 5.41) is 4.64. The largest absolute Gasteiger partial charge is 0.326 e. The number of rotatable bonds is 5. The van der Waals surface area contributed by atoms with E-state index in [2.05, 4.69) is 33.5 Å². The molecule has 0 fully saturated rings. The van der Waals surface area contributed by atoms with Gasteiger partial charge in [-0.25, -0.2) is 9.97 Å². The highest BCUT2D eigenvalue weighted by Crippen LogP contribution is 2.36. The molecule has 7 heteroatoms. The van der Waals surface area contributed by atoms with Gasteiger partial charge >= 0.3 is 0 Å². The second-order valence-corrected chi connectivity index (χ2v) is 9.00. The van der Waals surface area contributed by atoms with Gasteiger partial charge in [0.15, 0.2) is 5.78 Å². The van der Waals surface area contributed by atoms with E-state index in [0.717, 1.165) is 36.9 Å². The first-order valence-electron chi connectivity index (χ1n) is 9.56. The highest BCUT2D eigenvalue weighted by molar-refractivity contribution is 8.00. The van der Waals surface area contributed by atoms with Gasteiger partial charge in [0.25, 0.3) is 0 Å². The average molecular weight is 432 g/mol. The zero-order chi connectivity index (χ0) is 20.5. The Hall–Kier alpha value is -3.03. The molecule has 0 aliphatic carbocycles. The number of Topliss-reactive ketones (excluding diaryl/α,β-unsaturated/α-hetero) is 1. The molecule has 0 bridgehead atoms. The van der Waals surface area contributed by atoms with Crippen LogP contribution in [0, 0.1) is 0 Å². The Labute approximate surface area is 181 Å². The topological polar surface area (TPSA) is 72.0 Å². The van der Waals surface area contributed by atoms with Gasteiger partial charge in [0, 0.05) is 27.9 Å². The van der Waals surface area contributed by atoms with E-state index in [1.165, 1.54) is 11.8 Å². The van der Waals surface area contributed by atoms with Crippen LogP contribution in [0.4, 0.5) is 5.69 Å². The molecule has 2 aromatic heterocycles. The third-order valence-electron chi connectivity index (χ3n) is 5.01. The third-order valence-corrected chi connectivity index (χ3v) is 7.11. The fourth-order valence-corrected chi connectivity index (χ4v) is 5.40. The van der Waals surface area contributed by atoms with Crippen LogP contribution in [0.15, 0.2) is 66.0 Å². The normalized spacial score (nSPS) is 13.1. The summed E-state index contributed by atoms with van der Waals surface area (Å²) in [6.45, 7) is 0. The molecule has 3 heterocycles. The van der Waals surface area contributed by atoms with Gasteiger partial charge in [-0.1, -0.05) is 42.1 Å². The van der Waals surface area contributed by atoms with E-state index < -0.39 is 0 Å². The van der Waals surface area contributed by atoms with Crippen molar-refractivity contribution in [1.29, 1.82) is 0 Å². The van der Waals surface area contributed by atoms with E-state index in [4.69, 9.17) is 0 Å². The Balaban J connectivity index is 1.35. The lowest BCUT2D eigenvalue weighted by Gasteiger charge is -2.17. The number of hydrogen-bond donors (Lipinski definition) is 1. The van der Waals surface area contributed by atoms with E-state index in [1.807, 2.05) is 30.3 Å². The van der Waals surface area contributed by atoms with Crippen molar-refractivity contribution in [2.24, 2.45) is 0 Å². The summed E-state index contributed by atoms with van der Waals surface area (Å²) in [4.78, 5) is 35.2. The van der Waals surface area contributed by atoms with Crippen molar-refractivity contribution in [2.45, 2.75) is 17.9 Å². The molecule has 0 radical (unpaired) electrons. The highest BCUT2D eigenvalue weighted by atomic mass is 32.2. The standard InChI is InChI=1S/C23H17N3O2S2/c27-19(16-6-8-18-15(10-16)7-9-21(28)26-18)12-29-22-17-11-20(14-4-2-1-3-5-14)30-23(17)25-13-24-22/h1-6,8,10-11,13H,7,9,12H2,(H,26,28). The molecular weight excluding hydrogens is 414 g/mol. The predicted molar refractivity (Wildman–Crippen MR) is 121 cm³/mol. The number of fused-ring (bicyclic) bond motifs is 2. The molecule has 2 aromatic carbocycles. The summed E-state index contributed by atoms with van der Waals surface area (Å²) >= 11 is 3.06. The minimum Gasteiger partial charge on any atom is -0.326 e. The number of thiophene rings is 1. The Morgan fingerprint density at radius 2 is 1.93 bits per heavy atom. The summed E-state index contributed by atoms with van der Waals surface area (Å²) < 4.78 is 0. The fourth-order valence-electron chi connectivity index (χ4n) is 3.47. The zero-order valence-electron chi connectivity index (χ0n) is 15.9. The van der Waals surface area contributed by atoms with Crippen LogP contribution in [0.5, 0.6) is 0 Å². The molecule has 30 heavy (non-hydrogen) atoms. The van der Waals surface area contributed by atoms with Gasteiger partial charge in [-0.3, -0.25) is 9.59 Å². The van der Waals surface area contributed by atoms with Crippen LogP contribution < -0.4 is 5.32 Å². The molecule has 5 rings (SSSR count). The number of anilines is 1. The number of benzene rings is 2. The van der Waals surface area contributed by atoms with Crippen molar-refractivity contribution in [3.8, 4) is 10.4 Å². The lowest BCUT2D eigenvalue weighted by Crippen LogP contribution is -2.19. The molecule has 0 saturated carbocycles. The van der Waals surface area contributed by atoms with Crippen LogP contribution in [-0.2, 0) is 11.2 Å². The first-order valence-corrected chi connectivity index (χ1v) is 11.4. The number of carbonyl (C=O) groups excluding carboxylic acids is 2. The van der Waals surface area contributed by atoms with E-state index in [9.17, 15) is 9.59 Å². The lowest BCUT2D eigenvalue weighted by atomic mass is 9.99. The maximum absolute atomic E-state index is 12.8. The van der Waals surface area contributed by atoms with Crippen LogP contribution in [0.1, 0.15) is 22.3 Å². The molecule has 1 amide bonds. The van der Waals surface area contributed by atoms with E-state index in [0.29, 0.717) is 24.2 Å². The third kappa shape index (κ3) is 3.74. The summed E-state index contributed by atoms with van der Waals surface area (Å²) in [6, 6.07) is 17.8. The second-order valence-electron chi connectivity index (χ2n) is 7.01. The number of ketones is 1. The number of carbonyl (C=O) groups is 2. The number of hydrogen-bond acceptors (Lipinski definition) is 6. The molecule has 5 nitrogen and oxygen atoms in total. The van der Waals surface area contributed by atoms with Crippen molar-refractivity contribution in [3.63, 3.8) is 0 Å². The maximum Gasteiger partial charge on any atom is 0.224 e. The molecule has 1 aliphatic rings. The van der Waals surface area contributed by atoms with Crippen LogP contribution in [0.2, 0.25) is 0 Å². The Morgan fingerprint density at radius 3 is 2.80 bits per heavy atom. The quantitative estimate of drug-likeness (QED) is 0.267. The lowest BCUT2D eigenvalue weighted by molar-refractivity contribution is -0.116. The smallest absolute Gasteiger partial charge is 0.224 e. The Bertz CT molecular complexity index is 1270. The zero-order valence-corrected chi connectivity index (χ0v) is 17.6. The van der Waals surface area contributed by atoms with Crippen LogP contribution >= 0.6 is 23.1 Å². The number of nitrogens with zero attached hydrogens (tertiary/aromatic N) is 2. The highest BCUT2D eigenvalue weighted by Gasteiger charge is 2.18. The van der Waals surface area contributed by atoms with Crippen molar-refractivity contribution in [2.75, 3.05) is 11.1 Å². The Kier molecular flexibility index (Phi) is 5.06. The molecule has 0 unspecified atom stereocenters. The van der Waals surface area contributed by atoms with Crippen LogP contribution in [0.3, 0.4) is 0 Å². The van der Waals surface area contributed by atoms with E-state index in [1.54, 1.807) is 23.7 Å². The van der Waals surface area contributed by atoms with Crippen molar-refractivity contribution < 1.29 is 9.59 Å². The second kappa shape index (κ2) is 8.01. The molecule has 0 saturated heterocycles.